The van der Waals surface area contributed by atoms with Gasteiger partial charge in [0.25, 0.3) is 0 Å². The summed E-state index contributed by atoms with van der Waals surface area (Å²) in [6, 6.07) is 17.1. The summed E-state index contributed by atoms with van der Waals surface area (Å²) in [5.74, 6) is -0.915. The van der Waals surface area contributed by atoms with Gasteiger partial charge in [0.15, 0.2) is 0 Å². The normalized spacial score (nSPS) is 16.8. The third-order valence-electron chi connectivity index (χ3n) is 3.91. The van der Waals surface area contributed by atoms with Crippen molar-refractivity contribution < 1.29 is 9.90 Å². The zero-order valence-electron chi connectivity index (χ0n) is 12.3. The first-order chi connectivity index (χ1) is 10.7. The van der Waals surface area contributed by atoms with Crippen LogP contribution in [0.4, 0.5) is 0 Å². The standard InChI is InChI=1S/C19H19NO2/c21-19(22)11-10-15-8-9-17(18-13-20-18)12-16(15)7-6-14-4-2-1-3-5-14/h1-5,8-12,18,20H,6-7,13H2,(H,21,22). The van der Waals surface area contributed by atoms with Crippen LogP contribution in [0.2, 0.25) is 0 Å². The predicted molar refractivity (Wildman–Crippen MR) is 87.7 cm³/mol. The summed E-state index contributed by atoms with van der Waals surface area (Å²) in [7, 11) is 0. The Morgan fingerprint density at radius 3 is 2.64 bits per heavy atom. The van der Waals surface area contributed by atoms with Gasteiger partial charge < -0.3 is 10.4 Å². The second-order valence-corrected chi connectivity index (χ2v) is 5.58. The molecule has 1 fully saturated rings. The molecule has 0 bridgehead atoms. The highest BCUT2D eigenvalue weighted by Crippen LogP contribution is 2.25. The molecule has 22 heavy (non-hydrogen) atoms. The lowest BCUT2D eigenvalue weighted by atomic mass is 9.96. The first kappa shape index (κ1) is 14.5. The van der Waals surface area contributed by atoms with E-state index in [0.717, 1.165) is 24.9 Å². The zero-order valence-corrected chi connectivity index (χ0v) is 12.3. The van der Waals surface area contributed by atoms with Crippen LogP contribution in [0.15, 0.2) is 54.6 Å². The fourth-order valence-electron chi connectivity index (χ4n) is 2.60. The van der Waals surface area contributed by atoms with Gasteiger partial charge in [-0.1, -0.05) is 48.5 Å². The first-order valence-corrected chi connectivity index (χ1v) is 7.53. The molecule has 0 amide bonds. The van der Waals surface area contributed by atoms with Gasteiger partial charge >= 0.3 is 5.97 Å². The van der Waals surface area contributed by atoms with E-state index in [1.807, 2.05) is 24.3 Å². The topological polar surface area (TPSA) is 59.2 Å². The number of hydrogen-bond donors (Lipinski definition) is 2. The van der Waals surface area contributed by atoms with Crippen molar-refractivity contribution in [1.29, 1.82) is 0 Å². The van der Waals surface area contributed by atoms with Gasteiger partial charge in [0.2, 0.25) is 0 Å². The summed E-state index contributed by atoms with van der Waals surface area (Å²) < 4.78 is 0. The van der Waals surface area contributed by atoms with Crippen LogP contribution in [-0.2, 0) is 17.6 Å². The van der Waals surface area contributed by atoms with Crippen molar-refractivity contribution in [2.75, 3.05) is 6.54 Å². The summed E-state index contributed by atoms with van der Waals surface area (Å²) in [4.78, 5) is 10.8. The average molecular weight is 293 g/mol. The fourth-order valence-corrected chi connectivity index (χ4v) is 2.60. The largest absolute Gasteiger partial charge is 0.478 e. The van der Waals surface area contributed by atoms with E-state index in [1.54, 1.807) is 6.08 Å². The van der Waals surface area contributed by atoms with Gasteiger partial charge in [-0.15, -0.1) is 0 Å². The van der Waals surface area contributed by atoms with Crippen LogP contribution in [0.25, 0.3) is 6.08 Å². The summed E-state index contributed by atoms with van der Waals surface area (Å²) in [6.07, 6.45) is 4.75. The van der Waals surface area contributed by atoms with Crippen molar-refractivity contribution in [1.82, 2.24) is 5.32 Å². The molecule has 3 nitrogen and oxygen atoms in total. The molecule has 1 aliphatic rings. The Labute approximate surface area is 130 Å². The quantitative estimate of drug-likeness (QED) is 0.635. The molecule has 0 radical (unpaired) electrons. The van der Waals surface area contributed by atoms with E-state index >= 15 is 0 Å². The Bertz CT molecular complexity index is 688. The highest BCUT2D eigenvalue weighted by Gasteiger charge is 2.22. The maximum Gasteiger partial charge on any atom is 0.328 e. The number of carboxylic acid groups (broad SMARTS) is 1. The lowest BCUT2D eigenvalue weighted by Crippen LogP contribution is -1.97. The average Bonchev–Trinajstić information content (AvgIpc) is 3.37. The van der Waals surface area contributed by atoms with E-state index in [0.29, 0.717) is 6.04 Å². The van der Waals surface area contributed by atoms with E-state index in [2.05, 4.69) is 29.6 Å². The van der Waals surface area contributed by atoms with E-state index < -0.39 is 5.97 Å². The molecule has 2 N–H and O–H groups in total. The maximum atomic E-state index is 10.8. The molecular weight excluding hydrogens is 274 g/mol. The Hall–Kier alpha value is -2.39. The van der Waals surface area contributed by atoms with Crippen LogP contribution in [0.3, 0.4) is 0 Å². The number of carbonyl (C=O) groups is 1. The molecule has 112 valence electrons. The Balaban J connectivity index is 1.81. The number of nitrogens with one attached hydrogen (secondary N) is 1. The van der Waals surface area contributed by atoms with Crippen LogP contribution < -0.4 is 5.32 Å². The second-order valence-electron chi connectivity index (χ2n) is 5.58. The van der Waals surface area contributed by atoms with Crippen molar-refractivity contribution in [3.05, 3.63) is 76.9 Å². The predicted octanol–water partition coefficient (Wildman–Crippen LogP) is 3.21. The number of benzene rings is 2. The van der Waals surface area contributed by atoms with Gasteiger partial charge in [0, 0.05) is 18.7 Å². The third kappa shape index (κ3) is 3.83. The number of aliphatic carboxylic acids is 1. The van der Waals surface area contributed by atoms with Crippen molar-refractivity contribution in [3.63, 3.8) is 0 Å². The molecule has 2 aromatic carbocycles. The second kappa shape index (κ2) is 6.58. The van der Waals surface area contributed by atoms with Gasteiger partial charge in [0.05, 0.1) is 0 Å². The molecule has 0 aliphatic carbocycles. The molecule has 0 saturated carbocycles. The van der Waals surface area contributed by atoms with E-state index in [-0.39, 0.29) is 0 Å². The molecule has 3 heteroatoms. The SMILES string of the molecule is O=C(O)C=Cc1ccc(C2CN2)cc1CCc1ccccc1. The van der Waals surface area contributed by atoms with Gasteiger partial charge in [0.1, 0.15) is 0 Å². The van der Waals surface area contributed by atoms with Gasteiger partial charge in [-0.05, 0) is 41.2 Å². The molecule has 1 unspecified atom stereocenters. The molecule has 1 aliphatic heterocycles. The molecule has 1 heterocycles. The van der Waals surface area contributed by atoms with Crippen LogP contribution in [0, 0.1) is 0 Å². The lowest BCUT2D eigenvalue weighted by molar-refractivity contribution is -0.131. The number of hydrogen-bond acceptors (Lipinski definition) is 2. The summed E-state index contributed by atoms with van der Waals surface area (Å²) in [5, 5.41) is 12.1. The fraction of sp³-hybridized carbons (Fsp3) is 0.211. The van der Waals surface area contributed by atoms with Gasteiger partial charge in [-0.25, -0.2) is 4.79 Å². The van der Waals surface area contributed by atoms with Crippen LogP contribution in [-0.4, -0.2) is 17.6 Å². The monoisotopic (exact) mass is 293 g/mol. The molecule has 2 aromatic rings. The summed E-state index contributed by atoms with van der Waals surface area (Å²) in [6.45, 7) is 1.03. The number of rotatable bonds is 6. The van der Waals surface area contributed by atoms with Gasteiger partial charge in [-0.3, -0.25) is 0 Å². The molecule has 1 atom stereocenters. The molecule has 0 spiro atoms. The minimum atomic E-state index is -0.915. The van der Waals surface area contributed by atoms with Crippen LogP contribution >= 0.6 is 0 Å². The van der Waals surface area contributed by atoms with Crippen LogP contribution in [0.5, 0.6) is 0 Å². The highest BCUT2D eigenvalue weighted by atomic mass is 16.4. The molecular formula is C19H19NO2. The lowest BCUT2D eigenvalue weighted by Gasteiger charge is -2.09. The highest BCUT2D eigenvalue weighted by molar-refractivity contribution is 5.85. The van der Waals surface area contributed by atoms with Crippen molar-refractivity contribution >= 4 is 12.0 Å². The summed E-state index contributed by atoms with van der Waals surface area (Å²) >= 11 is 0. The van der Waals surface area contributed by atoms with Gasteiger partial charge in [-0.2, -0.15) is 0 Å². The Morgan fingerprint density at radius 2 is 1.95 bits per heavy atom. The Kier molecular flexibility index (Phi) is 4.35. The number of aryl methyl sites for hydroxylation is 2. The van der Waals surface area contributed by atoms with E-state index in [1.165, 1.54) is 22.8 Å². The van der Waals surface area contributed by atoms with E-state index in [4.69, 9.17) is 5.11 Å². The van der Waals surface area contributed by atoms with Crippen molar-refractivity contribution in [3.8, 4) is 0 Å². The molecule has 3 rings (SSSR count). The van der Waals surface area contributed by atoms with E-state index in [9.17, 15) is 4.79 Å². The summed E-state index contributed by atoms with van der Waals surface area (Å²) in [5.41, 5.74) is 4.77. The minimum Gasteiger partial charge on any atom is -0.478 e. The maximum absolute atomic E-state index is 10.8. The molecule has 0 aromatic heterocycles. The van der Waals surface area contributed by atoms with Crippen molar-refractivity contribution in [2.45, 2.75) is 18.9 Å². The zero-order chi connectivity index (χ0) is 15.4. The Morgan fingerprint density at radius 1 is 1.18 bits per heavy atom. The minimum absolute atomic E-state index is 0.466. The first-order valence-electron chi connectivity index (χ1n) is 7.53. The van der Waals surface area contributed by atoms with Crippen LogP contribution in [0.1, 0.15) is 28.3 Å². The third-order valence-corrected chi connectivity index (χ3v) is 3.91. The smallest absolute Gasteiger partial charge is 0.328 e. The van der Waals surface area contributed by atoms with Crippen molar-refractivity contribution in [2.24, 2.45) is 0 Å². The molecule has 1 saturated heterocycles. The number of carboxylic acids is 1.